The van der Waals surface area contributed by atoms with Crippen molar-refractivity contribution >= 4 is 34.8 Å². The summed E-state index contributed by atoms with van der Waals surface area (Å²) in [5, 5.41) is 8.09. The molecule has 3 aromatic carbocycles. The molecule has 172 valence electrons. The second-order valence-electron chi connectivity index (χ2n) is 8.86. The van der Waals surface area contributed by atoms with Gasteiger partial charge in [0.2, 0.25) is 5.91 Å². The average Bonchev–Trinajstić information content (AvgIpc) is 3.24. The SMILES string of the molecule is CC(c1ccc(Cl)cc1)C(CNC(=O)CCCC1CNc2ccccc21)c1ccc(Cl)cc1. The molecule has 33 heavy (non-hydrogen) atoms. The third kappa shape index (κ3) is 6.10. The topological polar surface area (TPSA) is 41.1 Å². The van der Waals surface area contributed by atoms with Gasteiger partial charge >= 0.3 is 0 Å². The van der Waals surface area contributed by atoms with Crippen molar-refractivity contribution in [1.29, 1.82) is 0 Å². The summed E-state index contributed by atoms with van der Waals surface area (Å²) in [7, 11) is 0. The fraction of sp³-hybridized carbons (Fsp3) is 0.321. The lowest BCUT2D eigenvalue weighted by molar-refractivity contribution is -0.121. The number of hydrogen-bond donors (Lipinski definition) is 2. The van der Waals surface area contributed by atoms with Gasteiger partial charge in [0.05, 0.1) is 0 Å². The Bertz CT molecular complexity index is 1070. The van der Waals surface area contributed by atoms with Crippen molar-refractivity contribution in [2.24, 2.45) is 0 Å². The zero-order valence-electron chi connectivity index (χ0n) is 18.9. The highest BCUT2D eigenvalue weighted by atomic mass is 35.5. The van der Waals surface area contributed by atoms with Gasteiger partial charge in [0.25, 0.3) is 0 Å². The molecule has 1 aliphatic heterocycles. The zero-order chi connectivity index (χ0) is 23.2. The van der Waals surface area contributed by atoms with Crippen LogP contribution in [0.2, 0.25) is 10.0 Å². The van der Waals surface area contributed by atoms with E-state index in [1.165, 1.54) is 16.8 Å². The molecule has 1 aliphatic rings. The third-order valence-electron chi connectivity index (χ3n) is 6.71. The molecule has 4 rings (SSSR count). The molecule has 5 heteroatoms. The van der Waals surface area contributed by atoms with Crippen LogP contribution in [0.25, 0.3) is 0 Å². The molecule has 3 atom stereocenters. The lowest BCUT2D eigenvalue weighted by Crippen LogP contribution is -2.30. The van der Waals surface area contributed by atoms with E-state index in [9.17, 15) is 4.79 Å². The first kappa shape index (κ1) is 23.7. The number of amides is 1. The van der Waals surface area contributed by atoms with Crippen LogP contribution in [0.5, 0.6) is 0 Å². The molecule has 0 saturated carbocycles. The Morgan fingerprint density at radius 1 is 0.970 bits per heavy atom. The molecule has 0 saturated heterocycles. The average molecular weight is 481 g/mol. The standard InChI is InChI=1S/C28H30Cl2N2O/c1-19(20-9-13-23(29)14-10-20)26(21-11-15-24(30)16-12-21)18-32-28(33)8-4-5-22-17-31-27-7-3-2-6-25(22)27/h2-3,6-7,9-16,19,22,26,31H,4-5,8,17-18H2,1H3,(H,32,33). The van der Waals surface area contributed by atoms with Crippen molar-refractivity contribution in [3.63, 3.8) is 0 Å². The van der Waals surface area contributed by atoms with E-state index in [-0.39, 0.29) is 17.7 Å². The number of carbonyl (C=O) groups is 1. The molecule has 3 unspecified atom stereocenters. The minimum atomic E-state index is 0.108. The van der Waals surface area contributed by atoms with Gasteiger partial charge in [0.15, 0.2) is 0 Å². The van der Waals surface area contributed by atoms with Crippen LogP contribution in [0.4, 0.5) is 5.69 Å². The summed E-state index contributed by atoms with van der Waals surface area (Å²) in [5.41, 5.74) is 4.96. The van der Waals surface area contributed by atoms with Crippen molar-refractivity contribution < 1.29 is 4.79 Å². The van der Waals surface area contributed by atoms with E-state index in [1.807, 2.05) is 24.3 Å². The molecule has 1 amide bonds. The minimum absolute atomic E-state index is 0.108. The van der Waals surface area contributed by atoms with E-state index in [4.69, 9.17) is 23.2 Å². The predicted octanol–water partition coefficient (Wildman–Crippen LogP) is 7.38. The normalized spacial score (nSPS) is 16.5. The van der Waals surface area contributed by atoms with Gasteiger partial charge in [-0.05, 0) is 65.8 Å². The minimum Gasteiger partial charge on any atom is -0.384 e. The van der Waals surface area contributed by atoms with Crippen LogP contribution in [0.15, 0.2) is 72.8 Å². The second-order valence-corrected chi connectivity index (χ2v) is 9.73. The van der Waals surface area contributed by atoms with E-state index in [0.717, 1.165) is 30.0 Å². The number of carbonyl (C=O) groups excluding carboxylic acids is 1. The van der Waals surface area contributed by atoms with Gasteiger partial charge in [-0.1, -0.05) is 72.6 Å². The molecule has 3 aromatic rings. The number of halogens is 2. The van der Waals surface area contributed by atoms with Crippen LogP contribution in [0.3, 0.4) is 0 Å². The lowest BCUT2D eigenvalue weighted by atomic mass is 9.82. The second kappa shape index (κ2) is 11.1. The Kier molecular flexibility index (Phi) is 7.95. The predicted molar refractivity (Wildman–Crippen MR) is 139 cm³/mol. The molecule has 0 radical (unpaired) electrons. The number of rotatable bonds is 9. The Hall–Kier alpha value is -2.49. The van der Waals surface area contributed by atoms with Crippen molar-refractivity contribution in [2.75, 3.05) is 18.4 Å². The van der Waals surface area contributed by atoms with E-state index in [2.05, 4.69) is 66.1 Å². The number of nitrogens with one attached hydrogen (secondary N) is 2. The summed E-state index contributed by atoms with van der Waals surface area (Å²) < 4.78 is 0. The van der Waals surface area contributed by atoms with Crippen molar-refractivity contribution in [2.45, 2.75) is 43.9 Å². The van der Waals surface area contributed by atoms with Gasteiger partial charge in [-0.3, -0.25) is 4.79 Å². The highest BCUT2D eigenvalue weighted by molar-refractivity contribution is 6.30. The maximum absolute atomic E-state index is 12.7. The van der Waals surface area contributed by atoms with Crippen LogP contribution in [-0.2, 0) is 4.79 Å². The Balaban J connectivity index is 1.34. The smallest absolute Gasteiger partial charge is 0.220 e. The van der Waals surface area contributed by atoms with Gasteiger partial charge in [0, 0.05) is 47.1 Å². The van der Waals surface area contributed by atoms with E-state index in [0.29, 0.717) is 23.9 Å². The summed E-state index contributed by atoms with van der Waals surface area (Å²) >= 11 is 12.2. The molecule has 1 heterocycles. The van der Waals surface area contributed by atoms with E-state index < -0.39 is 0 Å². The van der Waals surface area contributed by atoms with Crippen LogP contribution in [0, 0.1) is 0 Å². The maximum Gasteiger partial charge on any atom is 0.220 e. The number of benzene rings is 3. The highest BCUT2D eigenvalue weighted by Crippen LogP contribution is 2.35. The fourth-order valence-corrected chi connectivity index (χ4v) is 4.98. The van der Waals surface area contributed by atoms with Crippen LogP contribution in [-0.4, -0.2) is 19.0 Å². The zero-order valence-corrected chi connectivity index (χ0v) is 20.4. The largest absolute Gasteiger partial charge is 0.384 e. The Morgan fingerprint density at radius 2 is 1.61 bits per heavy atom. The monoisotopic (exact) mass is 480 g/mol. The molecule has 0 aromatic heterocycles. The number of fused-ring (bicyclic) bond motifs is 1. The summed E-state index contributed by atoms with van der Waals surface area (Å²) in [6, 6.07) is 24.3. The van der Waals surface area contributed by atoms with Gasteiger partial charge in [-0.15, -0.1) is 0 Å². The van der Waals surface area contributed by atoms with Crippen LogP contribution < -0.4 is 10.6 Å². The maximum atomic E-state index is 12.7. The summed E-state index contributed by atoms with van der Waals surface area (Å²) in [6.07, 6.45) is 2.44. The highest BCUT2D eigenvalue weighted by Gasteiger charge is 2.23. The summed E-state index contributed by atoms with van der Waals surface area (Å²) in [6.45, 7) is 3.73. The molecule has 2 N–H and O–H groups in total. The molecule has 0 spiro atoms. The fourth-order valence-electron chi connectivity index (χ4n) is 4.73. The first-order valence-electron chi connectivity index (χ1n) is 11.6. The summed E-state index contributed by atoms with van der Waals surface area (Å²) in [4.78, 5) is 12.7. The Labute approximate surface area is 206 Å². The summed E-state index contributed by atoms with van der Waals surface area (Å²) in [5.74, 6) is 0.945. The van der Waals surface area contributed by atoms with Gasteiger partial charge in [-0.2, -0.15) is 0 Å². The van der Waals surface area contributed by atoms with Crippen molar-refractivity contribution in [3.8, 4) is 0 Å². The van der Waals surface area contributed by atoms with Crippen molar-refractivity contribution in [1.82, 2.24) is 5.32 Å². The van der Waals surface area contributed by atoms with Crippen LogP contribution in [0.1, 0.15) is 60.6 Å². The van der Waals surface area contributed by atoms with Crippen molar-refractivity contribution in [3.05, 3.63) is 99.5 Å². The quantitative estimate of drug-likeness (QED) is 0.335. The first-order valence-corrected chi connectivity index (χ1v) is 12.4. The van der Waals surface area contributed by atoms with E-state index >= 15 is 0 Å². The number of para-hydroxylation sites is 1. The molecule has 0 aliphatic carbocycles. The molecule has 3 nitrogen and oxygen atoms in total. The van der Waals surface area contributed by atoms with Gasteiger partial charge in [-0.25, -0.2) is 0 Å². The lowest BCUT2D eigenvalue weighted by Gasteiger charge is -2.26. The molecule has 0 bridgehead atoms. The number of hydrogen-bond acceptors (Lipinski definition) is 2. The molecular formula is C28H30Cl2N2O. The molecule has 0 fully saturated rings. The van der Waals surface area contributed by atoms with Gasteiger partial charge in [0.1, 0.15) is 0 Å². The van der Waals surface area contributed by atoms with Crippen LogP contribution >= 0.6 is 23.2 Å². The van der Waals surface area contributed by atoms with Gasteiger partial charge < -0.3 is 10.6 Å². The molecular weight excluding hydrogens is 451 g/mol. The first-order chi connectivity index (χ1) is 16.0. The Morgan fingerprint density at radius 3 is 2.30 bits per heavy atom. The van der Waals surface area contributed by atoms with E-state index in [1.54, 1.807) is 0 Å². The number of anilines is 1. The third-order valence-corrected chi connectivity index (χ3v) is 7.22.